The summed E-state index contributed by atoms with van der Waals surface area (Å²) in [6, 6.07) is 14.8. The minimum atomic E-state index is 0.416. The van der Waals surface area contributed by atoms with E-state index in [-0.39, 0.29) is 0 Å². The molecule has 0 spiro atoms. The van der Waals surface area contributed by atoms with Crippen molar-refractivity contribution in [3.63, 3.8) is 0 Å². The van der Waals surface area contributed by atoms with Crippen LogP contribution in [0.4, 0.5) is 0 Å². The lowest BCUT2D eigenvalue weighted by Gasteiger charge is -2.15. The Bertz CT molecular complexity index is 608. The van der Waals surface area contributed by atoms with Crippen LogP contribution in [0.25, 0.3) is 0 Å². The molecule has 130 valence electrons. The molecule has 0 aliphatic heterocycles. The van der Waals surface area contributed by atoms with Gasteiger partial charge in [0.25, 0.3) is 0 Å². The van der Waals surface area contributed by atoms with Gasteiger partial charge in [0, 0.05) is 12.6 Å². The van der Waals surface area contributed by atoms with Crippen LogP contribution in [0.15, 0.2) is 42.5 Å². The molecule has 0 radical (unpaired) electrons. The molecule has 2 aromatic carbocycles. The van der Waals surface area contributed by atoms with Crippen LogP contribution in [-0.4, -0.2) is 12.6 Å². The van der Waals surface area contributed by atoms with E-state index in [1.165, 1.54) is 5.56 Å². The summed E-state index contributed by atoms with van der Waals surface area (Å²) < 4.78 is 5.60. The van der Waals surface area contributed by atoms with Crippen LogP contribution >= 0.6 is 23.2 Å². The number of nitrogens with one attached hydrogen (secondary N) is 1. The highest BCUT2D eigenvalue weighted by molar-refractivity contribution is 6.37. The maximum Gasteiger partial charge on any atom is 0.156 e. The summed E-state index contributed by atoms with van der Waals surface area (Å²) >= 11 is 12.6. The fourth-order valence-electron chi connectivity index (χ4n) is 2.48. The first-order valence-electron chi connectivity index (χ1n) is 8.48. The van der Waals surface area contributed by atoms with E-state index in [0.717, 1.165) is 31.4 Å². The molecule has 0 aliphatic carbocycles. The molecular weight excluding hydrogens is 341 g/mol. The van der Waals surface area contributed by atoms with Crippen molar-refractivity contribution >= 4 is 23.2 Å². The van der Waals surface area contributed by atoms with Gasteiger partial charge in [-0.15, -0.1) is 0 Å². The molecule has 0 bridgehead atoms. The van der Waals surface area contributed by atoms with Crippen LogP contribution in [0.3, 0.4) is 0 Å². The topological polar surface area (TPSA) is 21.3 Å². The lowest BCUT2D eigenvalue weighted by atomic mass is 10.1. The molecule has 2 rings (SSSR count). The van der Waals surface area contributed by atoms with E-state index in [9.17, 15) is 0 Å². The smallest absolute Gasteiger partial charge is 0.156 e. The predicted octanol–water partition coefficient (Wildman–Crippen LogP) is 5.89. The maximum absolute atomic E-state index is 6.29. The Balaban J connectivity index is 1.85. The number of halogens is 2. The van der Waals surface area contributed by atoms with E-state index >= 15 is 0 Å². The van der Waals surface area contributed by atoms with Crippen LogP contribution < -0.4 is 10.1 Å². The first-order chi connectivity index (χ1) is 11.6. The predicted molar refractivity (Wildman–Crippen MR) is 103 cm³/mol. The van der Waals surface area contributed by atoms with E-state index in [2.05, 4.69) is 43.4 Å². The molecule has 0 saturated carbocycles. The van der Waals surface area contributed by atoms with E-state index in [0.29, 0.717) is 28.4 Å². The second-order valence-corrected chi connectivity index (χ2v) is 6.86. The normalized spacial score (nSPS) is 12.2. The lowest BCUT2D eigenvalue weighted by Crippen LogP contribution is -2.26. The SMILES string of the molecule is CCCOc1c(Cl)cc(CN[C@@H](C)CCc2ccccc2)cc1Cl. The minimum Gasteiger partial charge on any atom is -0.490 e. The number of benzene rings is 2. The molecule has 0 amide bonds. The van der Waals surface area contributed by atoms with Crippen LogP contribution in [0.2, 0.25) is 10.0 Å². The van der Waals surface area contributed by atoms with Crippen LogP contribution in [0, 0.1) is 0 Å². The van der Waals surface area contributed by atoms with E-state index < -0.39 is 0 Å². The molecule has 0 aromatic heterocycles. The highest BCUT2D eigenvalue weighted by Gasteiger charge is 2.10. The van der Waals surface area contributed by atoms with Crippen molar-refractivity contribution in [2.45, 2.75) is 45.7 Å². The molecule has 24 heavy (non-hydrogen) atoms. The van der Waals surface area contributed by atoms with Crippen molar-refractivity contribution in [3.8, 4) is 5.75 Å². The summed E-state index contributed by atoms with van der Waals surface area (Å²) in [5.74, 6) is 0.584. The van der Waals surface area contributed by atoms with Crippen molar-refractivity contribution < 1.29 is 4.74 Å². The van der Waals surface area contributed by atoms with Gasteiger partial charge in [0.05, 0.1) is 16.7 Å². The summed E-state index contributed by atoms with van der Waals surface area (Å²) in [7, 11) is 0. The number of ether oxygens (including phenoxy) is 1. The van der Waals surface area contributed by atoms with Crippen molar-refractivity contribution in [2.24, 2.45) is 0 Å². The highest BCUT2D eigenvalue weighted by atomic mass is 35.5. The molecule has 1 N–H and O–H groups in total. The molecule has 0 fully saturated rings. The summed E-state index contributed by atoms with van der Waals surface area (Å²) in [6.07, 6.45) is 3.08. The van der Waals surface area contributed by atoms with E-state index in [1.54, 1.807) is 0 Å². The molecule has 2 aromatic rings. The van der Waals surface area contributed by atoms with Crippen molar-refractivity contribution in [2.75, 3.05) is 6.61 Å². The number of rotatable bonds is 9. The molecule has 4 heteroatoms. The van der Waals surface area contributed by atoms with Gasteiger partial charge in [0.15, 0.2) is 5.75 Å². The monoisotopic (exact) mass is 365 g/mol. The third-order valence-electron chi connectivity index (χ3n) is 3.87. The quantitative estimate of drug-likeness (QED) is 0.597. The molecular formula is C20H25Cl2NO. The Morgan fingerprint density at radius 1 is 1.04 bits per heavy atom. The Hall–Kier alpha value is -1.22. The first kappa shape index (κ1) is 19.1. The average molecular weight is 366 g/mol. The van der Waals surface area contributed by atoms with Gasteiger partial charge < -0.3 is 10.1 Å². The highest BCUT2D eigenvalue weighted by Crippen LogP contribution is 2.34. The molecule has 1 atom stereocenters. The number of hydrogen-bond acceptors (Lipinski definition) is 2. The second kappa shape index (κ2) is 9.93. The molecule has 0 heterocycles. The van der Waals surface area contributed by atoms with Gasteiger partial charge in [0.1, 0.15) is 0 Å². The summed E-state index contributed by atoms with van der Waals surface area (Å²) in [5, 5.41) is 4.68. The lowest BCUT2D eigenvalue weighted by molar-refractivity contribution is 0.317. The Morgan fingerprint density at radius 2 is 1.71 bits per heavy atom. The number of hydrogen-bond donors (Lipinski definition) is 1. The van der Waals surface area contributed by atoms with Gasteiger partial charge in [-0.3, -0.25) is 0 Å². The molecule has 0 unspecified atom stereocenters. The molecule has 0 aliphatic rings. The van der Waals surface area contributed by atoms with Gasteiger partial charge in [-0.2, -0.15) is 0 Å². The van der Waals surface area contributed by atoms with Gasteiger partial charge in [-0.25, -0.2) is 0 Å². The van der Waals surface area contributed by atoms with Crippen molar-refractivity contribution in [3.05, 3.63) is 63.6 Å². The standard InChI is InChI=1S/C20H25Cl2NO/c1-3-11-24-20-18(21)12-17(13-19(20)22)14-23-15(2)9-10-16-7-5-4-6-8-16/h4-8,12-13,15,23H,3,9-11,14H2,1-2H3/t15-/m0/s1. The van der Waals surface area contributed by atoms with Crippen LogP contribution in [-0.2, 0) is 13.0 Å². The third kappa shape index (κ3) is 6.01. The van der Waals surface area contributed by atoms with E-state index in [4.69, 9.17) is 27.9 Å². The minimum absolute atomic E-state index is 0.416. The summed E-state index contributed by atoms with van der Waals surface area (Å²) in [5.41, 5.74) is 2.44. The van der Waals surface area contributed by atoms with Gasteiger partial charge in [0.2, 0.25) is 0 Å². The summed E-state index contributed by atoms with van der Waals surface area (Å²) in [4.78, 5) is 0. The Morgan fingerprint density at radius 3 is 2.33 bits per heavy atom. The summed E-state index contributed by atoms with van der Waals surface area (Å²) in [6.45, 7) is 5.61. The van der Waals surface area contributed by atoms with Crippen molar-refractivity contribution in [1.82, 2.24) is 5.32 Å². The number of aryl methyl sites for hydroxylation is 1. The fraction of sp³-hybridized carbons (Fsp3) is 0.400. The Labute approximate surface area is 155 Å². The third-order valence-corrected chi connectivity index (χ3v) is 4.43. The zero-order chi connectivity index (χ0) is 17.4. The average Bonchev–Trinajstić information content (AvgIpc) is 2.58. The zero-order valence-corrected chi connectivity index (χ0v) is 15.8. The second-order valence-electron chi connectivity index (χ2n) is 6.04. The van der Waals surface area contributed by atoms with Crippen LogP contribution in [0.1, 0.15) is 37.8 Å². The van der Waals surface area contributed by atoms with Gasteiger partial charge >= 0.3 is 0 Å². The van der Waals surface area contributed by atoms with Crippen LogP contribution in [0.5, 0.6) is 5.75 Å². The molecule has 2 nitrogen and oxygen atoms in total. The zero-order valence-electron chi connectivity index (χ0n) is 14.3. The maximum atomic E-state index is 6.29. The fourth-order valence-corrected chi connectivity index (χ4v) is 3.12. The molecule has 0 saturated heterocycles. The van der Waals surface area contributed by atoms with Crippen molar-refractivity contribution in [1.29, 1.82) is 0 Å². The first-order valence-corrected chi connectivity index (χ1v) is 9.23. The van der Waals surface area contributed by atoms with Gasteiger partial charge in [-0.1, -0.05) is 60.5 Å². The Kier molecular flexibility index (Phi) is 7.90. The largest absolute Gasteiger partial charge is 0.490 e. The van der Waals surface area contributed by atoms with E-state index in [1.807, 2.05) is 18.2 Å². The van der Waals surface area contributed by atoms with Gasteiger partial charge in [-0.05, 0) is 49.4 Å².